The molecule has 2 N–H and O–H groups in total. The van der Waals surface area contributed by atoms with Crippen molar-refractivity contribution in [3.05, 3.63) is 56.6 Å². The molecule has 0 aliphatic carbocycles. The van der Waals surface area contributed by atoms with Crippen molar-refractivity contribution < 1.29 is 8.78 Å². The van der Waals surface area contributed by atoms with Crippen molar-refractivity contribution in [3.63, 3.8) is 0 Å². The van der Waals surface area contributed by atoms with E-state index in [0.29, 0.717) is 16.9 Å². The molecule has 0 fully saturated rings. The number of hydrogen-bond acceptors (Lipinski definition) is 4. The third kappa shape index (κ3) is 2.88. The fourth-order valence-corrected chi connectivity index (χ4v) is 3.94. The number of fused-ring (bicyclic) bond motifs is 1. The summed E-state index contributed by atoms with van der Waals surface area (Å²) >= 11 is 5.02. The van der Waals surface area contributed by atoms with E-state index in [4.69, 9.17) is 5.73 Å². The van der Waals surface area contributed by atoms with Crippen molar-refractivity contribution in [2.75, 3.05) is 6.54 Å². The molecule has 0 spiro atoms. The largest absolute Gasteiger partial charge is 0.329 e. The summed E-state index contributed by atoms with van der Waals surface area (Å²) in [6, 6.07) is 5.32. The summed E-state index contributed by atoms with van der Waals surface area (Å²) in [6.45, 7) is 2.09. The first-order valence-corrected chi connectivity index (χ1v) is 8.18. The van der Waals surface area contributed by atoms with Crippen LogP contribution in [0.2, 0.25) is 0 Å². The summed E-state index contributed by atoms with van der Waals surface area (Å²) in [5.74, 6) is -1.67. The Morgan fingerprint density at radius 1 is 1.18 bits per heavy atom. The number of nitrogens with two attached hydrogens (primary N) is 1. The van der Waals surface area contributed by atoms with Gasteiger partial charge in [0.2, 0.25) is 0 Å². The van der Waals surface area contributed by atoms with Crippen LogP contribution in [0.25, 0.3) is 10.3 Å². The minimum absolute atomic E-state index is 0.184. The Bertz CT molecular complexity index is 830. The van der Waals surface area contributed by atoms with Gasteiger partial charge in [0.15, 0.2) is 5.65 Å². The van der Waals surface area contributed by atoms with Crippen LogP contribution in [0.3, 0.4) is 0 Å². The Kier molecular flexibility index (Phi) is 4.20. The number of rotatable bonds is 3. The average molecular weight is 384 g/mol. The molecule has 0 saturated heterocycles. The van der Waals surface area contributed by atoms with Crippen molar-refractivity contribution >= 4 is 37.6 Å². The summed E-state index contributed by atoms with van der Waals surface area (Å²) in [5, 5.41) is 0.910. The molecule has 3 aromatic rings. The molecule has 22 heavy (non-hydrogen) atoms. The van der Waals surface area contributed by atoms with Gasteiger partial charge in [0.05, 0.1) is 15.4 Å². The number of aryl methyl sites for hydroxylation is 1. The number of thiazole rings is 1. The Morgan fingerprint density at radius 2 is 1.86 bits per heavy atom. The van der Waals surface area contributed by atoms with E-state index in [1.54, 1.807) is 11.3 Å². The van der Waals surface area contributed by atoms with E-state index in [0.717, 1.165) is 20.2 Å². The van der Waals surface area contributed by atoms with Gasteiger partial charge < -0.3 is 5.73 Å². The van der Waals surface area contributed by atoms with Gasteiger partial charge in [-0.15, -0.1) is 11.3 Å². The minimum atomic E-state index is -0.629. The van der Waals surface area contributed by atoms with Gasteiger partial charge >= 0.3 is 0 Å². The second-order valence-corrected chi connectivity index (χ2v) is 6.99. The lowest BCUT2D eigenvalue weighted by atomic mass is 9.95. The van der Waals surface area contributed by atoms with Crippen molar-refractivity contribution in [3.8, 4) is 0 Å². The third-order valence-electron chi connectivity index (χ3n) is 3.32. The highest BCUT2D eigenvalue weighted by Gasteiger charge is 2.20. The lowest BCUT2D eigenvalue weighted by molar-refractivity contribution is 0.576. The molecule has 2 aromatic heterocycles. The minimum Gasteiger partial charge on any atom is -0.329 e. The topological polar surface area (TPSA) is 51.8 Å². The first-order valence-electron chi connectivity index (χ1n) is 6.57. The van der Waals surface area contributed by atoms with Gasteiger partial charge in [-0.3, -0.25) is 0 Å². The second kappa shape index (κ2) is 5.98. The maximum Gasteiger partial charge on any atom is 0.170 e. The molecule has 0 unspecified atom stereocenters. The second-order valence-electron chi connectivity index (χ2n) is 4.90. The molecule has 0 aliphatic heterocycles. The van der Waals surface area contributed by atoms with Gasteiger partial charge in [-0.1, -0.05) is 0 Å². The predicted molar refractivity (Wildman–Crippen MR) is 87.1 cm³/mol. The molecular weight excluding hydrogens is 372 g/mol. The van der Waals surface area contributed by atoms with Crippen LogP contribution < -0.4 is 5.73 Å². The summed E-state index contributed by atoms with van der Waals surface area (Å²) in [7, 11) is 0. The van der Waals surface area contributed by atoms with Crippen LogP contribution in [0.5, 0.6) is 0 Å². The van der Waals surface area contributed by atoms with E-state index in [1.165, 1.54) is 12.1 Å². The Labute approximate surface area is 138 Å². The quantitative estimate of drug-likeness (QED) is 0.739. The number of nitrogens with zero attached hydrogens (tertiary/aromatic N) is 2. The third-order valence-corrected chi connectivity index (χ3v) is 4.87. The molecule has 3 rings (SSSR count). The van der Waals surface area contributed by atoms with Crippen LogP contribution in [0.4, 0.5) is 8.78 Å². The standard InChI is InChI=1S/C15H12BrF2N3S/c1-7-20-15-13(22-7)5-12(16)14(21-15)11(6-19)8-2-9(17)4-10(18)3-8/h2-5,11H,6,19H2,1H3/t11-/m1/s1. The van der Waals surface area contributed by atoms with Crippen LogP contribution >= 0.6 is 27.3 Å². The SMILES string of the molecule is Cc1nc2nc([C@H](CN)c3cc(F)cc(F)c3)c(Br)cc2s1. The number of halogens is 3. The molecule has 0 saturated carbocycles. The molecule has 3 nitrogen and oxygen atoms in total. The zero-order valence-electron chi connectivity index (χ0n) is 11.6. The van der Waals surface area contributed by atoms with Gasteiger partial charge in [-0.25, -0.2) is 18.7 Å². The highest BCUT2D eigenvalue weighted by Crippen LogP contribution is 2.33. The monoisotopic (exact) mass is 383 g/mol. The highest BCUT2D eigenvalue weighted by atomic mass is 79.9. The fraction of sp³-hybridized carbons (Fsp3) is 0.200. The van der Waals surface area contributed by atoms with E-state index in [9.17, 15) is 8.78 Å². The van der Waals surface area contributed by atoms with Gasteiger partial charge in [0.25, 0.3) is 0 Å². The lowest BCUT2D eigenvalue weighted by Gasteiger charge is -2.16. The number of hydrogen-bond donors (Lipinski definition) is 1. The molecule has 1 atom stereocenters. The van der Waals surface area contributed by atoms with E-state index >= 15 is 0 Å². The van der Waals surface area contributed by atoms with Crippen LogP contribution in [0.15, 0.2) is 28.7 Å². The van der Waals surface area contributed by atoms with E-state index in [-0.39, 0.29) is 6.54 Å². The summed E-state index contributed by atoms with van der Waals surface area (Å²) in [6.07, 6.45) is 0. The Morgan fingerprint density at radius 3 is 2.50 bits per heavy atom. The van der Waals surface area contributed by atoms with Crippen LogP contribution in [-0.2, 0) is 0 Å². The van der Waals surface area contributed by atoms with Gasteiger partial charge in [0, 0.05) is 23.0 Å². The smallest absolute Gasteiger partial charge is 0.170 e. The zero-order valence-corrected chi connectivity index (χ0v) is 14.0. The summed E-state index contributed by atoms with van der Waals surface area (Å²) in [4.78, 5) is 8.89. The predicted octanol–water partition coefficient (Wildman–Crippen LogP) is 4.13. The molecule has 0 aliphatic rings. The van der Waals surface area contributed by atoms with Crippen molar-refractivity contribution in [1.29, 1.82) is 0 Å². The van der Waals surface area contributed by atoms with E-state index < -0.39 is 17.6 Å². The maximum atomic E-state index is 13.5. The summed E-state index contributed by atoms with van der Waals surface area (Å²) in [5.41, 5.74) is 7.54. The Hall–Kier alpha value is -1.44. The maximum absolute atomic E-state index is 13.5. The molecule has 0 radical (unpaired) electrons. The van der Waals surface area contributed by atoms with Gasteiger partial charge in [0.1, 0.15) is 11.6 Å². The van der Waals surface area contributed by atoms with Crippen molar-refractivity contribution in [1.82, 2.24) is 9.97 Å². The molecule has 7 heteroatoms. The fourth-order valence-electron chi connectivity index (χ4n) is 2.39. The van der Waals surface area contributed by atoms with Crippen LogP contribution in [-0.4, -0.2) is 16.5 Å². The van der Waals surface area contributed by atoms with Crippen LogP contribution in [0.1, 0.15) is 22.2 Å². The van der Waals surface area contributed by atoms with Crippen molar-refractivity contribution in [2.24, 2.45) is 5.73 Å². The molecular formula is C15H12BrF2N3S. The number of aromatic nitrogens is 2. The number of benzene rings is 1. The first-order chi connectivity index (χ1) is 10.5. The molecule has 0 bridgehead atoms. The summed E-state index contributed by atoms with van der Waals surface area (Å²) < 4.78 is 28.7. The normalized spacial score (nSPS) is 12.8. The first kappa shape index (κ1) is 15.5. The highest BCUT2D eigenvalue weighted by molar-refractivity contribution is 9.10. The average Bonchev–Trinajstić information content (AvgIpc) is 2.78. The Balaban J connectivity index is 2.15. The van der Waals surface area contributed by atoms with Gasteiger partial charge in [-0.05, 0) is 46.6 Å². The van der Waals surface area contributed by atoms with E-state index in [2.05, 4.69) is 25.9 Å². The van der Waals surface area contributed by atoms with Crippen molar-refractivity contribution in [2.45, 2.75) is 12.8 Å². The van der Waals surface area contributed by atoms with Crippen LogP contribution in [0, 0.1) is 18.6 Å². The molecule has 2 heterocycles. The zero-order chi connectivity index (χ0) is 15.9. The molecule has 114 valence electrons. The molecule has 0 amide bonds. The van der Waals surface area contributed by atoms with Gasteiger partial charge in [-0.2, -0.15) is 0 Å². The van der Waals surface area contributed by atoms with E-state index in [1.807, 2.05) is 13.0 Å². The number of pyridine rings is 1. The molecule has 1 aromatic carbocycles. The lowest BCUT2D eigenvalue weighted by Crippen LogP contribution is -2.16.